The Hall–Kier alpha value is -1.47. The standard InChI is InChI=1S/C10H5ClF3N/c11-9-7(4-2-6-15)3-1-5-8(9)10(12,13)14/h1-5H/b4-2+. The van der Waals surface area contributed by atoms with Gasteiger partial charge in [0.15, 0.2) is 0 Å². The Balaban J connectivity index is 3.25. The number of rotatable bonds is 1. The van der Waals surface area contributed by atoms with Crippen LogP contribution < -0.4 is 0 Å². The molecule has 0 atom stereocenters. The number of hydrogen-bond donors (Lipinski definition) is 0. The maximum absolute atomic E-state index is 12.4. The van der Waals surface area contributed by atoms with E-state index in [1.54, 1.807) is 6.07 Å². The van der Waals surface area contributed by atoms with Gasteiger partial charge in [-0.15, -0.1) is 0 Å². The molecule has 0 amide bonds. The molecule has 78 valence electrons. The molecule has 0 aliphatic carbocycles. The second kappa shape index (κ2) is 4.37. The van der Waals surface area contributed by atoms with Gasteiger partial charge in [-0.25, -0.2) is 0 Å². The zero-order chi connectivity index (χ0) is 11.5. The lowest BCUT2D eigenvalue weighted by atomic mass is 10.1. The van der Waals surface area contributed by atoms with Crippen molar-refractivity contribution in [2.24, 2.45) is 0 Å². The van der Waals surface area contributed by atoms with Crippen LogP contribution in [-0.2, 0) is 6.18 Å². The van der Waals surface area contributed by atoms with Crippen LogP contribution in [0.1, 0.15) is 11.1 Å². The molecule has 1 nitrogen and oxygen atoms in total. The van der Waals surface area contributed by atoms with Gasteiger partial charge in [-0.05, 0) is 17.7 Å². The van der Waals surface area contributed by atoms with Gasteiger partial charge in [0.1, 0.15) is 0 Å². The number of halogens is 4. The van der Waals surface area contributed by atoms with Gasteiger partial charge in [-0.1, -0.05) is 23.7 Å². The SMILES string of the molecule is N#C/C=C/c1cccc(C(F)(F)F)c1Cl. The fourth-order valence-electron chi connectivity index (χ4n) is 1.02. The van der Waals surface area contributed by atoms with Gasteiger partial charge >= 0.3 is 6.18 Å². The highest BCUT2D eigenvalue weighted by molar-refractivity contribution is 6.32. The predicted molar refractivity (Wildman–Crippen MR) is 51.1 cm³/mol. The van der Waals surface area contributed by atoms with Crippen LogP contribution in [0.3, 0.4) is 0 Å². The summed E-state index contributed by atoms with van der Waals surface area (Å²) in [4.78, 5) is 0. The largest absolute Gasteiger partial charge is 0.417 e. The molecular weight excluding hydrogens is 227 g/mol. The molecule has 1 aromatic rings. The van der Waals surface area contributed by atoms with E-state index in [4.69, 9.17) is 16.9 Å². The molecule has 15 heavy (non-hydrogen) atoms. The molecule has 0 spiro atoms. The minimum atomic E-state index is -4.48. The third-order valence-corrected chi connectivity index (χ3v) is 2.09. The Labute approximate surface area is 89.4 Å². The molecule has 0 fully saturated rings. The molecule has 0 saturated carbocycles. The van der Waals surface area contributed by atoms with Crippen molar-refractivity contribution in [3.63, 3.8) is 0 Å². The second-order valence-electron chi connectivity index (χ2n) is 2.67. The van der Waals surface area contributed by atoms with Crippen molar-refractivity contribution in [2.45, 2.75) is 6.18 Å². The van der Waals surface area contributed by atoms with Crippen molar-refractivity contribution in [1.82, 2.24) is 0 Å². The Morgan fingerprint density at radius 2 is 2.00 bits per heavy atom. The highest BCUT2D eigenvalue weighted by atomic mass is 35.5. The van der Waals surface area contributed by atoms with Crippen LogP contribution in [0.5, 0.6) is 0 Å². The number of nitrogens with zero attached hydrogens (tertiary/aromatic N) is 1. The molecule has 0 N–H and O–H groups in total. The summed E-state index contributed by atoms with van der Waals surface area (Å²) >= 11 is 5.55. The topological polar surface area (TPSA) is 23.8 Å². The van der Waals surface area contributed by atoms with E-state index in [-0.39, 0.29) is 5.56 Å². The van der Waals surface area contributed by atoms with E-state index >= 15 is 0 Å². The highest BCUT2D eigenvalue weighted by Crippen LogP contribution is 2.36. The summed E-state index contributed by atoms with van der Waals surface area (Å²) in [5.41, 5.74) is -0.725. The van der Waals surface area contributed by atoms with Crippen molar-refractivity contribution in [1.29, 1.82) is 5.26 Å². The summed E-state index contributed by atoms with van der Waals surface area (Å²) in [6.45, 7) is 0. The average molecular weight is 232 g/mol. The third kappa shape index (κ3) is 2.74. The first-order valence-corrected chi connectivity index (χ1v) is 4.26. The van der Waals surface area contributed by atoms with Crippen LogP contribution in [-0.4, -0.2) is 0 Å². The molecule has 0 aliphatic rings. The Bertz CT molecular complexity index is 429. The van der Waals surface area contributed by atoms with Gasteiger partial charge in [-0.2, -0.15) is 18.4 Å². The van der Waals surface area contributed by atoms with E-state index in [2.05, 4.69) is 0 Å². The maximum Gasteiger partial charge on any atom is 0.417 e. The number of benzene rings is 1. The molecule has 0 bridgehead atoms. The Morgan fingerprint density at radius 1 is 1.33 bits per heavy atom. The summed E-state index contributed by atoms with van der Waals surface area (Å²) in [5.74, 6) is 0. The third-order valence-electron chi connectivity index (χ3n) is 1.67. The molecule has 0 aromatic heterocycles. The second-order valence-corrected chi connectivity index (χ2v) is 3.05. The zero-order valence-corrected chi connectivity index (χ0v) is 8.10. The summed E-state index contributed by atoms with van der Waals surface area (Å²) < 4.78 is 37.1. The molecule has 5 heteroatoms. The number of alkyl halides is 3. The van der Waals surface area contributed by atoms with E-state index in [1.165, 1.54) is 18.2 Å². The average Bonchev–Trinajstić information content (AvgIpc) is 2.14. The predicted octanol–water partition coefficient (Wildman–Crippen LogP) is 3.90. The summed E-state index contributed by atoms with van der Waals surface area (Å²) in [6, 6.07) is 5.23. The molecule has 0 aliphatic heterocycles. The zero-order valence-electron chi connectivity index (χ0n) is 7.35. The smallest absolute Gasteiger partial charge is 0.193 e. The van der Waals surface area contributed by atoms with Gasteiger partial charge in [0.2, 0.25) is 0 Å². The quantitative estimate of drug-likeness (QED) is 0.673. The van der Waals surface area contributed by atoms with Gasteiger partial charge in [0.25, 0.3) is 0 Å². The van der Waals surface area contributed by atoms with Crippen molar-refractivity contribution in [2.75, 3.05) is 0 Å². The van der Waals surface area contributed by atoms with Gasteiger partial charge < -0.3 is 0 Å². The Kier molecular flexibility index (Phi) is 3.38. The monoisotopic (exact) mass is 231 g/mol. The van der Waals surface area contributed by atoms with Crippen LogP contribution in [0.4, 0.5) is 13.2 Å². The molecule has 0 unspecified atom stereocenters. The summed E-state index contributed by atoms with van der Waals surface area (Å²) in [6.07, 6.45) is -2.17. The molecule has 1 aromatic carbocycles. The molecule has 0 heterocycles. The van der Waals surface area contributed by atoms with E-state index in [0.29, 0.717) is 0 Å². The first-order chi connectivity index (χ1) is 6.96. The fourth-order valence-corrected chi connectivity index (χ4v) is 1.32. The number of nitriles is 1. The lowest BCUT2D eigenvalue weighted by Crippen LogP contribution is -2.06. The molecule has 1 rings (SSSR count). The lowest BCUT2D eigenvalue weighted by Gasteiger charge is -2.09. The normalized spacial score (nSPS) is 11.7. The van der Waals surface area contributed by atoms with E-state index in [1.807, 2.05) is 0 Å². The molecule has 0 saturated heterocycles. The van der Waals surface area contributed by atoms with Gasteiger partial charge in [-0.3, -0.25) is 0 Å². The lowest BCUT2D eigenvalue weighted by molar-refractivity contribution is -0.137. The fraction of sp³-hybridized carbons (Fsp3) is 0.100. The van der Waals surface area contributed by atoms with Crippen LogP contribution in [0.2, 0.25) is 5.02 Å². The van der Waals surface area contributed by atoms with Crippen LogP contribution in [0.15, 0.2) is 24.3 Å². The van der Waals surface area contributed by atoms with Gasteiger partial charge in [0.05, 0.1) is 16.7 Å². The van der Waals surface area contributed by atoms with E-state index in [9.17, 15) is 13.2 Å². The molecular formula is C10H5ClF3N. The van der Waals surface area contributed by atoms with Crippen molar-refractivity contribution < 1.29 is 13.2 Å². The number of hydrogen-bond acceptors (Lipinski definition) is 1. The molecule has 0 radical (unpaired) electrons. The summed E-state index contributed by atoms with van der Waals surface area (Å²) in [5, 5.41) is 7.85. The summed E-state index contributed by atoms with van der Waals surface area (Å²) in [7, 11) is 0. The van der Waals surface area contributed by atoms with Crippen LogP contribution >= 0.6 is 11.6 Å². The van der Waals surface area contributed by atoms with Crippen molar-refractivity contribution in [3.05, 3.63) is 40.4 Å². The highest BCUT2D eigenvalue weighted by Gasteiger charge is 2.33. The van der Waals surface area contributed by atoms with E-state index < -0.39 is 16.8 Å². The minimum absolute atomic E-state index is 0.174. The first kappa shape index (κ1) is 11.6. The van der Waals surface area contributed by atoms with Crippen LogP contribution in [0.25, 0.3) is 6.08 Å². The van der Waals surface area contributed by atoms with Gasteiger partial charge in [0, 0.05) is 6.08 Å². The van der Waals surface area contributed by atoms with Crippen molar-refractivity contribution >= 4 is 17.7 Å². The maximum atomic E-state index is 12.4. The van der Waals surface area contributed by atoms with Crippen molar-refractivity contribution in [3.8, 4) is 6.07 Å². The number of allylic oxidation sites excluding steroid dienone is 1. The minimum Gasteiger partial charge on any atom is -0.193 e. The van der Waals surface area contributed by atoms with E-state index in [0.717, 1.165) is 12.1 Å². The Morgan fingerprint density at radius 3 is 2.53 bits per heavy atom. The van der Waals surface area contributed by atoms with Crippen LogP contribution in [0, 0.1) is 11.3 Å². The first-order valence-electron chi connectivity index (χ1n) is 3.88.